The van der Waals surface area contributed by atoms with E-state index in [1.54, 1.807) is 6.92 Å². The zero-order valence-corrected chi connectivity index (χ0v) is 24.4. The molecule has 4 heteroatoms. The molecule has 0 rings (SSSR count). The van der Waals surface area contributed by atoms with Gasteiger partial charge in [-0.25, -0.2) is 9.59 Å². The Labute approximate surface area is 224 Å². The summed E-state index contributed by atoms with van der Waals surface area (Å²) in [5, 5.41) is 0. The van der Waals surface area contributed by atoms with Crippen molar-refractivity contribution in [3.8, 4) is 0 Å². The standard InChI is InChI=1S/C17H32O2.C15H28O2/c1-4-5-6-7-8-9-10-11-12-13-14-15-19-17(18)16(2)3;1-3-5-6-7-8-9-10-11-12-13-14-17-15(16)4-2/h2,4-15H2,1,3H3;4H,2-3,5-14H2,1H3. The molecule has 0 aliphatic rings. The molecular weight excluding hydrogens is 448 g/mol. The van der Waals surface area contributed by atoms with E-state index in [0.29, 0.717) is 18.8 Å². The Hall–Kier alpha value is -1.58. The van der Waals surface area contributed by atoms with E-state index < -0.39 is 0 Å². The van der Waals surface area contributed by atoms with Gasteiger partial charge in [0.25, 0.3) is 0 Å². The van der Waals surface area contributed by atoms with Crippen LogP contribution in [-0.2, 0) is 19.1 Å². The summed E-state index contributed by atoms with van der Waals surface area (Å²) in [5.74, 6) is -0.562. The molecule has 0 atom stereocenters. The average Bonchev–Trinajstić information content (AvgIpc) is 2.87. The Morgan fingerprint density at radius 2 is 0.861 bits per heavy atom. The maximum atomic E-state index is 11.1. The monoisotopic (exact) mass is 508 g/mol. The number of unbranched alkanes of at least 4 members (excludes halogenated alkanes) is 19. The molecule has 0 amide bonds. The van der Waals surface area contributed by atoms with E-state index >= 15 is 0 Å². The number of esters is 2. The lowest BCUT2D eigenvalue weighted by atomic mass is 10.1. The third kappa shape index (κ3) is 32.4. The van der Waals surface area contributed by atoms with Crippen LogP contribution in [0.2, 0.25) is 0 Å². The summed E-state index contributed by atoms with van der Waals surface area (Å²) in [5.41, 5.74) is 0.489. The number of rotatable bonds is 25. The molecule has 0 spiro atoms. The second-order valence-corrected chi connectivity index (χ2v) is 10.0. The van der Waals surface area contributed by atoms with Crippen LogP contribution >= 0.6 is 0 Å². The van der Waals surface area contributed by atoms with E-state index in [0.717, 1.165) is 12.8 Å². The van der Waals surface area contributed by atoms with Crippen molar-refractivity contribution in [3.63, 3.8) is 0 Å². The summed E-state index contributed by atoms with van der Waals surface area (Å²) in [6.45, 7) is 14.2. The molecular formula is C32H60O4. The van der Waals surface area contributed by atoms with E-state index in [2.05, 4.69) is 27.0 Å². The van der Waals surface area contributed by atoms with Gasteiger partial charge in [-0.05, 0) is 19.8 Å². The molecule has 0 unspecified atom stereocenters. The van der Waals surface area contributed by atoms with Crippen LogP contribution in [0.4, 0.5) is 0 Å². The SMILES string of the molecule is C=C(C)C(=O)OCCCCCCCCCCCCC.C=CC(=O)OCCCCCCCCCCCC. The highest BCUT2D eigenvalue weighted by molar-refractivity contribution is 5.86. The fourth-order valence-corrected chi connectivity index (χ4v) is 3.88. The van der Waals surface area contributed by atoms with Gasteiger partial charge in [0.05, 0.1) is 13.2 Å². The summed E-state index contributed by atoms with van der Waals surface area (Å²) in [6, 6.07) is 0. The fourth-order valence-electron chi connectivity index (χ4n) is 3.88. The van der Waals surface area contributed by atoms with Crippen LogP contribution in [0.1, 0.15) is 156 Å². The van der Waals surface area contributed by atoms with Crippen molar-refractivity contribution in [2.75, 3.05) is 13.2 Å². The topological polar surface area (TPSA) is 52.6 Å². The first-order chi connectivity index (χ1) is 17.5. The first-order valence-electron chi connectivity index (χ1n) is 15.1. The minimum atomic E-state index is -0.305. The maximum absolute atomic E-state index is 11.1. The van der Waals surface area contributed by atoms with Crippen LogP contribution in [0.25, 0.3) is 0 Å². The van der Waals surface area contributed by atoms with E-state index in [4.69, 9.17) is 9.47 Å². The number of carbonyl (C=O) groups excluding carboxylic acids is 2. The molecule has 0 saturated carbocycles. The van der Waals surface area contributed by atoms with Crippen LogP contribution < -0.4 is 0 Å². The highest BCUT2D eigenvalue weighted by Crippen LogP contribution is 2.12. The van der Waals surface area contributed by atoms with E-state index in [-0.39, 0.29) is 11.9 Å². The molecule has 0 aliphatic carbocycles. The van der Waals surface area contributed by atoms with Gasteiger partial charge in [-0.2, -0.15) is 0 Å². The van der Waals surface area contributed by atoms with Gasteiger partial charge >= 0.3 is 11.9 Å². The fraction of sp³-hybridized carbons (Fsp3) is 0.812. The predicted octanol–water partition coefficient (Wildman–Crippen LogP) is 10.1. The Morgan fingerprint density at radius 1 is 0.556 bits per heavy atom. The zero-order chi connectivity index (χ0) is 27.1. The zero-order valence-electron chi connectivity index (χ0n) is 24.4. The Balaban J connectivity index is 0. The van der Waals surface area contributed by atoms with Crippen LogP contribution in [0.3, 0.4) is 0 Å². The molecule has 0 fully saturated rings. The molecule has 0 aromatic heterocycles. The molecule has 212 valence electrons. The largest absolute Gasteiger partial charge is 0.463 e. The quantitative estimate of drug-likeness (QED) is 0.0699. The number of carbonyl (C=O) groups is 2. The van der Waals surface area contributed by atoms with Crippen molar-refractivity contribution >= 4 is 11.9 Å². The first kappa shape index (κ1) is 36.6. The third-order valence-corrected chi connectivity index (χ3v) is 6.24. The molecule has 0 bridgehead atoms. The Kier molecular flexibility index (Phi) is 32.0. The summed E-state index contributed by atoms with van der Waals surface area (Å²) in [7, 11) is 0. The minimum Gasteiger partial charge on any atom is -0.463 e. The second kappa shape index (κ2) is 31.4. The van der Waals surface area contributed by atoms with Crippen molar-refractivity contribution in [2.45, 2.75) is 156 Å². The molecule has 0 radical (unpaired) electrons. The molecule has 0 N–H and O–H groups in total. The highest BCUT2D eigenvalue weighted by Gasteiger charge is 2.01. The van der Waals surface area contributed by atoms with Gasteiger partial charge in [0, 0.05) is 11.6 Å². The van der Waals surface area contributed by atoms with Crippen molar-refractivity contribution in [1.29, 1.82) is 0 Å². The van der Waals surface area contributed by atoms with Crippen molar-refractivity contribution < 1.29 is 19.1 Å². The van der Waals surface area contributed by atoms with Gasteiger partial charge in [-0.3, -0.25) is 0 Å². The number of ether oxygens (including phenoxy) is 2. The molecule has 4 nitrogen and oxygen atoms in total. The lowest BCUT2D eigenvalue weighted by molar-refractivity contribution is -0.139. The van der Waals surface area contributed by atoms with E-state index in [9.17, 15) is 9.59 Å². The molecule has 0 aromatic rings. The molecule has 0 aromatic carbocycles. The van der Waals surface area contributed by atoms with Crippen LogP contribution in [0, 0.1) is 0 Å². The molecule has 0 aliphatic heterocycles. The summed E-state index contributed by atoms with van der Waals surface area (Å²) < 4.78 is 9.95. The Morgan fingerprint density at radius 3 is 1.17 bits per heavy atom. The van der Waals surface area contributed by atoms with Gasteiger partial charge in [-0.15, -0.1) is 0 Å². The third-order valence-electron chi connectivity index (χ3n) is 6.24. The Bertz CT molecular complexity index is 512. The first-order valence-corrected chi connectivity index (χ1v) is 15.1. The number of hydrogen-bond acceptors (Lipinski definition) is 4. The predicted molar refractivity (Wildman–Crippen MR) is 155 cm³/mol. The average molecular weight is 509 g/mol. The molecule has 0 saturated heterocycles. The van der Waals surface area contributed by atoms with Gasteiger partial charge in [0.1, 0.15) is 0 Å². The van der Waals surface area contributed by atoms with Crippen molar-refractivity contribution in [1.82, 2.24) is 0 Å². The van der Waals surface area contributed by atoms with Gasteiger partial charge in [0.15, 0.2) is 0 Å². The lowest BCUT2D eigenvalue weighted by Gasteiger charge is -2.04. The van der Waals surface area contributed by atoms with Crippen LogP contribution in [-0.4, -0.2) is 25.2 Å². The van der Waals surface area contributed by atoms with Crippen molar-refractivity contribution in [3.05, 3.63) is 24.8 Å². The van der Waals surface area contributed by atoms with Gasteiger partial charge in [0.2, 0.25) is 0 Å². The summed E-state index contributed by atoms with van der Waals surface area (Å²) in [6.07, 6.45) is 28.6. The minimum absolute atomic E-state index is 0.257. The number of hydrogen-bond donors (Lipinski definition) is 0. The second-order valence-electron chi connectivity index (χ2n) is 10.0. The molecule has 36 heavy (non-hydrogen) atoms. The van der Waals surface area contributed by atoms with Crippen molar-refractivity contribution in [2.24, 2.45) is 0 Å². The van der Waals surface area contributed by atoms with Crippen LogP contribution in [0.15, 0.2) is 24.8 Å². The van der Waals surface area contributed by atoms with Gasteiger partial charge in [-0.1, -0.05) is 149 Å². The van der Waals surface area contributed by atoms with Crippen LogP contribution in [0.5, 0.6) is 0 Å². The maximum Gasteiger partial charge on any atom is 0.333 e. The summed E-state index contributed by atoms with van der Waals surface area (Å²) >= 11 is 0. The summed E-state index contributed by atoms with van der Waals surface area (Å²) in [4.78, 5) is 21.8. The molecule has 0 heterocycles. The normalized spacial score (nSPS) is 10.3. The van der Waals surface area contributed by atoms with E-state index in [1.807, 2.05) is 0 Å². The van der Waals surface area contributed by atoms with E-state index in [1.165, 1.54) is 128 Å². The van der Waals surface area contributed by atoms with Gasteiger partial charge < -0.3 is 9.47 Å². The highest BCUT2D eigenvalue weighted by atomic mass is 16.5. The smallest absolute Gasteiger partial charge is 0.333 e. The lowest BCUT2D eigenvalue weighted by Crippen LogP contribution is -2.05.